The number of para-hydroxylation sites is 1. The lowest BCUT2D eigenvalue weighted by atomic mass is 9.86. The van der Waals surface area contributed by atoms with Crippen LogP contribution in [0, 0.1) is 5.41 Å². The molecule has 0 saturated heterocycles. The Morgan fingerprint density at radius 2 is 1.90 bits per heavy atom. The summed E-state index contributed by atoms with van der Waals surface area (Å²) in [7, 11) is 0. The van der Waals surface area contributed by atoms with Gasteiger partial charge in [-0.2, -0.15) is 18.3 Å². The van der Waals surface area contributed by atoms with E-state index in [1.165, 1.54) is 4.68 Å². The second-order valence-electron chi connectivity index (χ2n) is 8.81. The molecule has 2 aromatic rings. The summed E-state index contributed by atoms with van der Waals surface area (Å²) in [6.07, 6.45) is -2.54. The number of halogens is 3. The summed E-state index contributed by atoms with van der Waals surface area (Å²) in [4.78, 5) is 25.7. The standard InChI is InChI=1S/C21H27F3N4O3/c1-20(2,3)17(19(30)25-13-8-9-13)26-18(29)16-14-6-4-5-7-15(14)28(27-16)10-11-31-12-21(22,23)24/h4-7,13,17H,8-12H2,1-3H3,(H,25,30)(H,26,29). The fourth-order valence-corrected chi connectivity index (χ4v) is 3.19. The summed E-state index contributed by atoms with van der Waals surface area (Å²) in [6, 6.07) is 6.32. The van der Waals surface area contributed by atoms with Crippen LogP contribution < -0.4 is 10.6 Å². The van der Waals surface area contributed by atoms with Crippen LogP contribution in [0.25, 0.3) is 10.9 Å². The van der Waals surface area contributed by atoms with Gasteiger partial charge in [0.2, 0.25) is 5.91 Å². The molecule has 3 rings (SSSR count). The summed E-state index contributed by atoms with van der Waals surface area (Å²) < 4.78 is 42.9. The van der Waals surface area contributed by atoms with Crippen molar-refractivity contribution >= 4 is 22.7 Å². The highest BCUT2D eigenvalue weighted by Crippen LogP contribution is 2.25. The molecule has 10 heteroatoms. The van der Waals surface area contributed by atoms with Gasteiger partial charge in [0, 0.05) is 11.4 Å². The molecule has 1 aliphatic rings. The average Bonchev–Trinajstić information content (AvgIpc) is 3.40. The summed E-state index contributed by atoms with van der Waals surface area (Å²) in [6.45, 7) is 4.08. The first-order valence-corrected chi connectivity index (χ1v) is 10.2. The van der Waals surface area contributed by atoms with E-state index in [0.29, 0.717) is 10.9 Å². The fourth-order valence-electron chi connectivity index (χ4n) is 3.19. The molecule has 1 fully saturated rings. The Labute approximate surface area is 178 Å². The maximum Gasteiger partial charge on any atom is 0.411 e. The van der Waals surface area contributed by atoms with Gasteiger partial charge >= 0.3 is 6.18 Å². The number of hydrogen-bond acceptors (Lipinski definition) is 4. The molecule has 170 valence electrons. The summed E-state index contributed by atoms with van der Waals surface area (Å²) >= 11 is 0. The van der Waals surface area contributed by atoms with Gasteiger partial charge in [0.25, 0.3) is 5.91 Å². The molecule has 31 heavy (non-hydrogen) atoms. The van der Waals surface area contributed by atoms with Crippen LogP contribution in [0.3, 0.4) is 0 Å². The Hall–Kier alpha value is -2.62. The number of benzene rings is 1. The van der Waals surface area contributed by atoms with E-state index >= 15 is 0 Å². The molecule has 0 aliphatic heterocycles. The second kappa shape index (κ2) is 8.86. The lowest BCUT2D eigenvalue weighted by Crippen LogP contribution is -2.54. The number of fused-ring (bicyclic) bond motifs is 1. The summed E-state index contributed by atoms with van der Waals surface area (Å²) in [5.41, 5.74) is 0.177. The van der Waals surface area contributed by atoms with E-state index in [4.69, 9.17) is 0 Å². The molecule has 1 aromatic carbocycles. The molecular weight excluding hydrogens is 413 g/mol. The molecule has 1 atom stereocenters. The Balaban J connectivity index is 1.77. The Morgan fingerprint density at radius 1 is 1.23 bits per heavy atom. The predicted molar refractivity (Wildman–Crippen MR) is 108 cm³/mol. The zero-order valence-corrected chi connectivity index (χ0v) is 17.8. The molecule has 1 aliphatic carbocycles. The topological polar surface area (TPSA) is 85.2 Å². The van der Waals surface area contributed by atoms with Crippen molar-refractivity contribution in [2.75, 3.05) is 13.2 Å². The van der Waals surface area contributed by atoms with E-state index in [0.717, 1.165) is 12.8 Å². The number of ether oxygens (including phenoxy) is 1. The first-order chi connectivity index (χ1) is 14.5. The number of hydrogen-bond donors (Lipinski definition) is 2. The van der Waals surface area contributed by atoms with Gasteiger partial charge in [-0.3, -0.25) is 14.3 Å². The third-order valence-corrected chi connectivity index (χ3v) is 4.91. The molecule has 0 spiro atoms. The van der Waals surface area contributed by atoms with Gasteiger partial charge in [-0.25, -0.2) is 0 Å². The molecule has 2 N–H and O–H groups in total. The Kier molecular flexibility index (Phi) is 6.59. The van der Waals surface area contributed by atoms with E-state index < -0.39 is 30.1 Å². The summed E-state index contributed by atoms with van der Waals surface area (Å²) in [5, 5.41) is 10.6. The van der Waals surface area contributed by atoms with Crippen molar-refractivity contribution < 1.29 is 27.5 Å². The zero-order valence-electron chi connectivity index (χ0n) is 17.8. The summed E-state index contributed by atoms with van der Waals surface area (Å²) in [5.74, 6) is -0.760. The van der Waals surface area contributed by atoms with Gasteiger partial charge in [0.1, 0.15) is 12.6 Å². The van der Waals surface area contributed by atoms with Gasteiger partial charge in [-0.05, 0) is 24.3 Å². The minimum absolute atomic E-state index is 0.0503. The average molecular weight is 440 g/mol. The van der Waals surface area contributed by atoms with Crippen molar-refractivity contribution in [2.45, 2.75) is 58.4 Å². The highest BCUT2D eigenvalue weighted by molar-refractivity contribution is 6.06. The van der Waals surface area contributed by atoms with Crippen LogP contribution in [0.15, 0.2) is 24.3 Å². The molecule has 0 radical (unpaired) electrons. The third kappa shape index (κ3) is 6.19. The quantitative estimate of drug-likeness (QED) is 0.618. The van der Waals surface area contributed by atoms with E-state index in [-0.39, 0.29) is 30.8 Å². The molecular formula is C21H27F3N4O3. The van der Waals surface area contributed by atoms with Crippen LogP contribution in [0.1, 0.15) is 44.1 Å². The highest BCUT2D eigenvalue weighted by Gasteiger charge is 2.36. The Bertz CT molecular complexity index is 945. The van der Waals surface area contributed by atoms with Crippen LogP contribution in [-0.4, -0.2) is 53.1 Å². The van der Waals surface area contributed by atoms with Crippen molar-refractivity contribution in [2.24, 2.45) is 5.41 Å². The first-order valence-electron chi connectivity index (χ1n) is 10.2. The monoisotopic (exact) mass is 440 g/mol. The smallest absolute Gasteiger partial charge is 0.370 e. The van der Waals surface area contributed by atoms with Gasteiger partial charge in [-0.1, -0.05) is 39.0 Å². The van der Waals surface area contributed by atoms with Gasteiger partial charge in [0.15, 0.2) is 5.69 Å². The van der Waals surface area contributed by atoms with Gasteiger partial charge in [0.05, 0.1) is 18.7 Å². The number of rotatable bonds is 8. The number of alkyl halides is 3. The molecule has 1 heterocycles. The van der Waals surface area contributed by atoms with Crippen LogP contribution in [0.2, 0.25) is 0 Å². The molecule has 1 aromatic heterocycles. The number of carbonyl (C=O) groups excluding carboxylic acids is 2. The molecule has 1 unspecified atom stereocenters. The maximum absolute atomic E-state index is 13.0. The molecule has 7 nitrogen and oxygen atoms in total. The Morgan fingerprint density at radius 3 is 2.52 bits per heavy atom. The van der Waals surface area contributed by atoms with Crippen LogP contribution >= 0.6 is 0 Å². The van der Waals surface area contributed by atoms with Crippen LogP contribution in [0.4, 0.5) is 13.2 Å². The number of nitrogens with one attached hydrogen (secondary N) is 2. The highest BCUT2D eigenvalue weighted by atomic mass is 19.4. The van der Waals surface area contributed by atoms with E-state index in [2.05, 4.69) is 20.5 Å². The van der Waals surface area contributed by atoms with E-state index in [1.54, 1.807) is 24.3 Å². The van der Waals surface area contributed by atoms with Crippen molar-refractivity contribution in [3.8, 4) is 0 Å². The minimum atomic E-state index is -4.40. The predicted octanol–water partition coefficient (Wildman–Crippen LogP) is 3.04. The van der Waals surface area contributed by atoms with Gasteiger partial charge < -0.3 is 15.4 Å². The number of amides is 2. The number of nitrogens with zero attached hydrogens (tertiary/aromatic N) is 2. The van der Waals surface area contributed by atoms with E-state index in [9.17, 15) is 22.8 Å². The van der Waals surface area contributed by atoms with Crippen molar-refractivity contribution in [3.63, 3.8) is 0 Å². The van der Waals surface area contributed by atoms with Crippen molar-refractivity contribution in [1.29, 1.82) is 0 Å². The van der Waals surface area contributed by atoms with E-state index in [1.807, 2.05) is 20.8 Å². The lowest BCUT2D eigenvalue weighted by Gasteiger charge is -2.30. The third-order valence-electron chi connectivity index (χ3n) is 4.91. The van der Waals surface area contributed by atoms with Crippen LogP contribution in [-0.2, 0) is 16.1 Å². The van der Waals surface area contributed by atoms with Gasteiger partial charge in [-0.15, -0.1) is 0 Å². The van der Waals surface area contributed by atoms with Crippen molar-refractivity contribution in [1.82, 2.24) is 20.4 Å². The van der Waals surface area contributed by atoms with Crippen molar-refractivity contribution in [3.05, 3.63) is 30.0 Å². The first kappa shape index (κ1) is 23.1. The fraction of sp³-hybridized carbons (Fsp3) is 0.571. The minimum Gasteiger partial charge on any atom is -0.370 e. The zero-order chi connectivity index (χ0) is 22.8. The maximum atomic E-state index is 13.0. The lowest BCUT2D eigenvalue weighted by molar-refractivity contribution is -0.174. The number of carbonyl (C=O) groups is 2. The molecule has 2 amide bonds. The van der Waals surface area contributed by atoms with Crippen LogP contribution in [0.5, 0.6) is 0 Å². The molecule has 0 bridgehead atoms. The molecule has 1 saturated carbocycles. The largest absolute Gasteiger partial charge is 0.411 e. The normalized spacial score (nSPS) is 15.7. The second-order valence-corrected chi connectivity index (χ2v) is 8.81. The number of aromatic nitrogens is 2. The SMILES string of the molecule is CC(C)(C)C(NC(=O)c1nn(CCOCC(F)(F)F)c2ccccc12)C(=O)NC1CC1.